The Labute approximate surface area is 156 Å². The molecular weight excluding hydrogens is 384 g/mol. The number of hydrogen-bond donors (Lipinski definition) is 0. The first kappa shape index (κ1) is 17.9. The van der Waals surface area contributed by atoms with Gasteiger partial charge < -0.3 is 4.74 Å². The number of rotatable bonds is 6. The number of alkyl halides is 1. The zero-order valence-corrected chi connectivity index (χ0v) is 16.4. The number of aryl methyl sites for hydroxylation is 1. The van der Waals surface area contributed by atoms with Gasteiger partial charge in [-0.15, -0.1) is 0 Å². The highest BCUT2D eigenvalue weighted by Crippen LogP contribution is 2.27. The summed E-state index contributed by atoms with van der Waals surface area (Å²) in [5.41, 5.74) is 3.92. The van der Waals surface area contributed by atoms with Crippen LogP contribution in [0.2, 0.25) is 0 Å². The number of nitrogens with zero attached hydrogens (tertiary/aromatic N) is 4. The number of carbonyl (C=O) groups excluding carboxylic acids is 1. The first-order valence-corrected chi connectivity index (χ1v) is 9.72. The molecule has 0 saturated carbocycles. The third-order valence-corrected chi connectivity index (χ3v) is 5.01. The molecule has 7 heteroatoms. The minimum Gasteiger partial charge on any atom is -0.481 e. The van der Waals surface area contributed by atoms with E-state index in [-0.39, 0.29) is 11.8 Å². The van der Waals surface area contributed by atoms with Crippen molar-refractivity contribution in [3.05, 3.63) is 29.5 Å². The number of amides is 1. The zero-order chi connectivity index (χ0) is 18.0. The highest BCUT2D eigenvalue weighted by molar-refractivity contribution is 9.09. The van der Waals surface area contributed by atoms with Crippen molar-refractivity contribution in [3.8, 4) is 5.88 Å². The van der Waals surface area contributed by atoms with E-state index < -0.39 is 0 Å². The fraction of sp³-hybridized carbons (Fsp3) is 0.500. The third kappa shape index (κ3) is 3.42. The topological polar surface area (TPSA) is 59.2 Å². The molecule has 1 unspecified atom stereocenters. The summed E-state index contributed by atoms with van der Waals surface area (Å²) in [6.07, 6.45) is 2.21. The second kappa shape index (κ2) is 7.56. The summed E-state index contributed by atoms with van der Waals surface area (Å²) in [4.78, 5) is 12.3. The maximum absolute atomic E-state index is 12.3. The van der Waals surface area contributed by atoms with E-state index in [1.165, 1.54) is 0 Å². The number of hydrazone groups is 1. The summed E-state index contributed by atoms with van der Waals surface area (Å²) in [6.45, 7) is 4.76. The van der Waals surface area contributed by atoms with E-state index in [1.807, 2.05) is 16.6 Å². The molecule has 3 rings (SSSR count). The average molecular weight is 407 g/mol. The van der Waals surface area contributed by atoms with Crippen LogP contribution in [0.5, 0.6) is 5.88 Å². The van der Waals surface area contributed by atoms with Crippen molar-refractivity contribution in [2.75, 3.05) is 19.0 Å². The van der Waals surface area contributed by atoms with Gasteiger partial charge in [0.25, 0.3) is 0 Å². The molecule has 1 aliphatic heterocycles. The predicted octanol–water partition coefficient (Wildman–Crippen LogP) is 3.26. The average Bonchev–Trinajstić information content (AvgIpc) is 3.05. The lowest BCUT2D eigenvalue weighted by Crippen LogP contribution is -2.37. The van der Waals surface area contributed by atoms with E-state index >= 15 is 0 Å². The van der Waals surface area contributed by atoms with Gasteiger partial charge in [0.15, 0.2) is 0 Å². The maximum atomic E-state index is 12.3. The van der Waals surface area contributed by atoms with Crippen molar-refractivity contribution in [1.82, 2.24) is 14.6 Å². The number of aromatic nitrogens is 2. The van der Waals surface area contributed by atoms with E-state index in [9.17, 15) is 4.79 Å². The lowest BCUT2D eigenvalue weighted by molar-refractivity contribution is -0.132. The molecule has 0 N–H and O–H groups in total. The van der Waals surface area contributed by atoms with E-state index in [2.05, 4.69) is 46.0 Å². The van der Waals surface area contributed by atoms with Crippen LogP contribution >= 0.6 is 15.9 Å². The summed E-state index contributed by atoms with van der Waals surface area (Å²) < 4.78 is 7.26. The summed E-state index contributed by atoms with van der Waals surface area (Å²) in [6, 6.07) is 6.00. The Hall–Kier alpha value is -1.89. The van der Waals surface area contributed by atoms with Crippen LogP contribution in [0.3, 0.4) is 0 Å². The van der Waals surface area contributed by atoms with Gasteiger partial charge in [-0.2, -0.15) is 10.2 Å². The van der Waals surface area contributed by atoms with Gasteiger partial charge in [0.2, 0.25) is 11.8 Å². The van der Waals surface area contributed by atoms with Crippen molar-refractivity contribution in [2.45, 2.75) is 33.1 Å². The number of halogens is 1. The molecule has 0 saturated heterocycles. The fourth-order valence-corrected chi connectivity index (χ4v) is 3.35. The number of hydrogen-bond acceptors (Lipinski definition) is 4. The second-order valence-corrected chi connectivity index (χ2v) is 7.02. The molecular formula is C18H23BrN4O2. The molecule has 1 amide bonds. The van der Waals surface area contributed by atoms with Gasteiger partial charge >= 0.3 is 0 Å². The van der Waals surface area contributed by atoms with Crippen molar-refractivity contribution < 1.29 is 9.53 Å². The molecule has 0 aliphatic carbocycles. The molecule has 0 radical (unpaired) electrons. The van der Waals surface area contributed by atoms with Crippen LogP contribution in [0.15, 0.2) is 23.3 Å². The van der Waals surface area contributed by atoms with Gasteiger partial charge in [-0.05, 0) is 25.0 Å². The smallest absolute Gasteiger partial charge is 0.243 e. The second-order valence-electron chi connectivity index (χ2n) is 6.23. The summed E-state index contributed by atoms with van der Waals surface area (Å²) in [7, 11) is 1.64. The minimum atomic E-state index is 0.0740. The Bertz CT molecular complexity index is 815. The summed E-state index contributed by atoms with van der Waals surface area (Å²) >= 11 is 3.42. The third-order valence-electron chi connectivity index (χ3n) is 4.45. The SMILES string of the molecule is CCc1cc2c(C3=NN(CCCBr)C(=O)CC3C)ccc(OC)n2n1. The molecule has 2 aromatic rings. The van der Waals surface area contributed by atoms with Gasteiger partial charge in [-0.1, -0.05) is 29.8 Å². The number of methoxy groups -OCH3 is 1. The fourth-order valence-electron chi connectivity index (χ4n) is 3.10. The first-order chi connectivity index (χ1) is 12.1. The zero-order valence-electron chi connectivity index (χ0n) is 14.8. The molecule has 2 aromatic heterocycles. The molecule has 25 heavy (non-hydrogen) atoms. The van der Waals surface area contributed by atoms with Gasteiger partial charge in [-0.3, -0.25) is 4.79 Å². The van der Waals surface area contributed by atoms with Crippen molar-refractivity contribution >= 4 is 33.1 Å². The molecule has 0 bridgehead atoms. The Kier molecular flexibility index (Phi) is 5.42. The standard InChI is InChI=1S/C18H23BrN4O2/c1-4-13-11-15-14(6-7-17(25-3)23(15)20-13)18-12(2)10-16(24)22(21-18)9-5-8-19/h6-7,11-12H,4-5,8-10H2,1-3H3. The van der Waals surface area contributed by atoms with Gasteiger partial charge in [0, 0.05) is 35.8 Å². The van der Waals surface area contributed by atoms with Crippen molar-refractivity contribution in [1.29, 1.82) is 0 Å². The molecule has 1 aliphatic rings. The van der Waals surface area contributed by atoms with Crippen LogP contribution in [0.1, 0.15) is 37.9 Å². The van der Waals surface area contributed by atoms with Crippen molar-refractivity contribution in [2.24, 2.45) is 11.0 Å². The van der Waals surface area contributed by atoms with Crippen LogP contribution in [0, 0.1) is 5.92 Å². The Balaban J connectivity index is 2.10. The largest absolute Gasteiger partial charge is 0.481 e. The van der Waals surface area contributed by atoms with Gasteiger partial charge in [-0.25, -0.2) is 9.52 Å². The summed E-state index contributed by atoms with van der Waals surface area (Å²) in [5.74, 6) is 0.851. The normalized spacial score (nSPS) is 17.9. The quantitative estimate of drug-likeness (QED) is 0.691. The Morgan fingerprint density at radius 1 is 1.40 bits per heavy atom. The first-order valence-electron chi connectivity index (χ1n) is 8.59. The number of ether oxygens (including phenoxy) is 1. The number of carbonyl (C=O) groups is 1. The van der Waals surface area contributed by atoms with Crippen LogP contribution in [-0.4, -0.2) is 45.2 Å². The minimum absolute atomic E-state index is 0.0740. The van der Waals surface area contributed by atoms with Crippen LogP contribution in [-0.2, 0) is 11.2 Å². The van der Waals surface area contributed by atoms with Crippen LogP contribution in [0.4, 0.5) is 0 Å². The predicted molar refractivity (Wildman–Crippen MR) is 102 cm³/mol. The van der Waals surface area contributed by atoms with E-state index in [1.54, 1.807) is 12.1 Å². The molecule has 3 heterocycles. The van der Waals surface area contributed by atoms with Gasteiger partial charge in [0.05, 0.1) is 24.0 Å². The highest BCUT2D eigenvalue weighted by Gasteiger charge is 2.28. The van der Waals surface area contributed by atoms with Gasteiger partial charge in [0.1, 0.15) is 0 Å². The maximum Gasteiger partial charge on any atom is 0.243 e. The van der Waals surface area contributed by atoms with E-state index in [4.69, 9.17) is 4.74 Å². The highest BCUT2D eigenvalue weighted by atomic mass is 79.9. The molecule has 0 aromatic carbocycles. The Morgan fingerprint density at radius 2 is 2.20 bits per heavy atom. The Morgan fingerprint density at radius 3 is 2.88 bits per heavy atom. The lowest BCUT2D eigenvalue weighted by Gasteiger charge is -2.28. The lowest BCUT2D eigenvalue weighted by atomic mass is 9.93. The number of pyridine rings is 1. The van der Waals surface area contributed by atoms with Crippen molar-refractivity contribution in [3.63, 3.8) is 0 Å². The summed E-state index contributed by atoms with van der Waals surface area (Å²) in [5, 5.41) is 11.8. The van der Waals surface area contributed by atoms with Crippen LogP contribution < -0.4 is 4.74 Å². The van der Waals surface area contributed by atoms with E-state index in [0.717, 1.165) is 40.7 Å². The van der Waals surface area contributed by atoms with E-state index in [0.29, 0.717) is 18.8 Å². The molecule has 1 atom stereocenters. The molecule has 134 valence electrons. The van der Waals surface area contributed by atoms with Crippen LogP contribution in [0.25, 0.3) is 5.52 Å². The molecule has 6 nitrogen and oxygen atoms in total. The molecule has 0 spiro atoms. The molecule has 0 fully saturated rings. The number of fused-ring (bicyclic) bond motifs is 1. The monoisotopic (exact) mass is 406 g/mol.